The van der Waals surface area contributed by atoms with E-state index < -0.39 is 5.60 Å². The number of nitrogens with zero attached hydrogens (tertiary/aromatic N) is 1. The Morgan fingerprint density at radius 1 is 1.35 bits per heavy atom. The Hall–Kier alpha value is -1.26. The van der Waals surface area contributed by atoms with E-state index in [1.807, 2.05) is 0 Å². The monoisotopic (exact) mass is 297 g/mol. The highest BCUT2D eigenvalue weighted by atomic mass is 35.5. The first-order valence-corrected chi connectivity index (χ1v) is 7.21. The molecular weight excluding hydrogens is 278 g/mol. The predicted octanol–water partition coefficient (Wildman–Crippen LogP) is 2.48. The molecule has 1 aromatic carbocycles. The maximum absolute atomic E-state index is 12.0. The fraction of sp³-hybridized carbons (Fsp3) is 0.533. The molecule has 0 atom stereocenters. The van der Waals surface area contributed by atoms with Gasteiger partial charge in [0.1, 0.15) is 5.75 Å². The van der Waals surface area contributed by atoms with Crippen LogP contribution in [0.15, 0.2) is 24.3 Å². The lowest BCUT2D eigenvalue weighted by molar-refractivity contribution is -0.135. The minimum absolute atomic E-state index is 0.0335. The van der Waals surface area contributed by atoms with Crippen LogP contribution in [-0.2, 0) is 4.79 Å². The summed E-state index contributed by atoms with van der Waals surface area (Å²) in [6, 6.07) is 6.87. The average Bonchev–Trinajstić information content (AvgIpc) is 2.84. The number of rotatable bonds is 5. The summed E-state index contributed by atoms with van der Waals surface area (Å²) in [6.45, 7) is 0.337. The van der Waals surface area contributed by atoms with Gasteiger partial charge in [-0.25, -0.2) is 0 Å². The van der Waals surface area contributed by atoms with E-state index in [-0.39, 0.29) is 12.5 Å². The molecule has 0 spiro atoms. The molecule has 1 N–H and O–H groups in total. The second kappa shape index (κ2) is 6.46. The molecule has 1 saturated carbocycles. The van der Waals surface area contributed by atoms with Crippen molar-refractivity contribution in [2.24, 2.45) is 0 Å². The molecule has 2 rings (SSSR count). The summed E-state index contributed by atoms with van der Waals surface area (Å²) in [6.07, 6.45) is 3.59. The van der Waals surface area contributed by atoms with Gasteiger partial charge in [-0.2, -0.15) is 0 Å². The number of carbonyl (C=O) groups excluding carboxylic acids is 1. The van der Waals surface area contributed by atoms with E-state index >= 15 is 0 Å². The number of likely N-dealkylation sites (N-methyl/N-ethyl adjacent to an activating group) is 1. The summed E-state index contributed by atoms with van der Waals surface area (Å²) in [5.41, 5.74) is -0.718. The zero-order chi connectivity index (χ0) is 14.6. The van der Waals surface area contributed by atoms with Crippen molar-refractivity contribution in [3.05, 3.63) is 29.3 Å². The first-order valence-electron chi connectivity index (χ1n) is 6.83. The third-order valence-corrected chi connectivity index (χ3v) is 3.92. The van der Waals surface area contributed by atoms with Crippen LogP contribution in [0.3, 0.4) is 0 Å². The molecule has 0 bridgehead atoms. The number of hydrogen-bond donors (Lipinski definition) is 1. The minimum atomic E-state index is -0.718. The highest BCUT2D eigenvalue weighted by molar-refractivity contribution is 6.30. The molecule has 1 fully saturated rings. The van der Waals surface area contributed by atoms with Crippen LogP contribution in [-0.4, -0.2) is 41.7 Å². The normalized spacial score (nSPS) is 16.9. The molecule has 0 radical (unpaired) electrons. The Labute approximate surface area is 124 Å². The first-order chi connectivity index (χ1) is 9.48. The quantitative estimate of drug-likeness (QED) is 0.908. The lowest BCUT2D eigenvalue weighted by atomic mass is 10.0. The number of halogens is 1. The van der Waals surface area contributed by atoms with Crippen LogP contribution in [0.1, 0.15) is 25.7 Å². The molecule has 5 heteroatoms. The van der Waals surface area contributed by atoms with Crippen LogP contribution >= 0.6 is 11.6 Å². The fourth-order valence-corrected chi connectivity index (χ4v) is 2.63. The molecule has 0 aliphatic heterocycles. The highest BCUT2D eigenvalue weighted by Gasteiger charge is 2.33. The molecule has 0 saturated heterocycles. The summed E-state index contributed by atoms with van der Waals surface area (Å²) in [5.74, 6) is 0.469. The zero-order valence-corrected chi connectivity index (χ0v) is 12.4. The van der Waals surface area contributed by atoms with Gasteiger partial charge in [-0.1, -0.05) is 24.4 Å². The molecule has 110 valence electrons. The summed E-state index contributed by atoms with van der Waals surface area (Å²) in [4.78, 5) is 13.5. The Bertz CT molecular complexity index is 455. The topological polar surface area (TPSA) is 49.8 Å². The van der Waals surface area contributed by atoms with Gasteiger partial charge in [0, 0.05) is 18.6 Å². The Morgan fingerprint density at radius 3 is 2.55 bits per heavy atom. The van der Waals surface area contributed by atoms with E-state index in [1.54, 1.807) is 36.2 Å². The van der Waals surface area contributed by atoms with E-state index in [4.69, 9.17) is 16.3 Å². The van der Waals surface area contributed by atoms with Gasteiger partial charge in [-0.15, -0.1) is 0 Å². The highest BCUT2D eigenvalue weighted by Crippen LogP contribution is 2.29. The summed E-state index contributed by atoms with van der Waals surface area (Å²) in [7, 11) is 1.70. The smallest absolute Gasteiger partial charge is 0.260 e. The number of ether oxygens (including phenoxy) is 1. The molecule has 0 unspecified atom stereocenters. The average molecular weight is 298 g/mol. The van der Waals surface area contributed by atoms with Gasteiger partial charge in [-0.05, 0) is 37.1 Å². The van der Waals surface area contributed by atoms with Gasteiger partial charge >= 0.3 is 0 Å². The number of aliphatic hydroxyl groups is 1. The molecular formula is C15H20ClNO3. The maximum atomic E-state index is 12.0. The largest absolute Gasteiger partial charge is 0.484 e. The molecule has 0 aromatic heterocycles. The Morgan fingerprint density at radius 2 is 1.95 bits per heavy atom. The standard InChI is InChI=1S/C15H20ClNO3/c1-17(11-15(19)8-2-3-9-15)14(18)10-20-13-6-4-12(16)5-7-13/h4-7,19H,2-3,8-11H2,1H3. The second-order valence-electron chi connectivity index (χ2n) is 5.42. The van der Waals surface area contributed by atoms with Crippen LogP contribution in [0.2, 0.25) is 5.02 Å². The number of carbonyl (C=O) groups is 1. The van der Waals surface area contributed by atoms with Crippen LogP contribution in [0, 0.1) is 0 Å². The van der Waals surface area contributed by atoms with Crippen LogP contribution < -0.4 is 4.74 Å². The Balaban J connectivity index is 1.80. The Kier molecular flexibility index (Phi) is 4.89. The van der Waals surface area contributed by atoms with Gasteiger partial charge in [0.15, 0.2) is 6.61 Å². The summed E-state index contributed by atoms with van der Waals surface area (Å²) < 4.78 is 5.41. The van der Waals surface area contributed by atoms with Gasteiger partial charge < -0.3 is 14.7 Å². The summed E-state index contributed by atoms with van der Waals surface area (Å²) in [5, 5.41) is 10.9. The molecule has 0 heterocycles. The van der Waals surface area contributed by atoms with Crippen molar-refractivity contribution in [2.45, 2.75) is 31.3 Å². The van der Waals surface area contributed by atoms with Crippen LogP contribution in [0.4, 0.5) is 0 Å². The van der Waals surface area contributed by atoms with Gasteiger partial charge in [-0.3, -0.25) is 4.79 Å². The van der Waals surface area contributed by atoms with Gasteiger partial charge in [0.05, 0.1) is 5.60 Å². The van der Waals surface area contributed by atoms with Crippen molar-refractivity contribution in [3.8, 4) is 5.75 Å². The van der Waals surface area contributed by atoms with E-state index in [9.17, 15) is 9.90 Å². The lowest BCUT2D eigenvalue weighted by Crippen LogP contribution is -2.43. The predicted molar refractivity (Wildman–Crippen MR) is 78.0 cm³/mol. The van der Waals surface area contributed by atoms with E-state index in [0.29, 0.717) is 17.3 Å². The third-order valence-electron chi connectivity index (χ3n) is 3.67. The van der Waals surface area contributed by atoms with Crippen LogP contribution in [0.25, 0.3) is 0 Å². The maximum Gasteiger partial charge on any atom is 0.260 e. The van der Waals surface area contributed by atoms with Gasteiger partial charge in [0.25, 0.3) is 5.91 Å². The number of benzene rings is 1. The third kappa shape index (κ3) is 4.12. The van der Waals surface area contributed by atoms with Crippen molar-refractivity contribution < 1.29 is 14.6 Å². The summed E-state index contributed by atoms with van der Waals surface area (Å²) >= 11 is 5.78. The zero-order valence-electron chi connectivity index (χ0n) is 11.6. The molecule has 1 amide bonds. The fourth-order valence-electron chi connectivity index (χ4n) is 2.51. The van der Waals surface area contributed by atoms with Crippen molar-refractivity contribution in [1.29, 1.82) is 0 Å². The number of amides is 1. The minimum Gasteiger partial charge on any atom is -0.484 e. The van der Waals surface area contributed by atoms with Gasteiger partial charge in [0.2, 0.25) is 0 Å². The van der Waals surface area contributed by atoms with Crippen molar-refractivity contribution in [3.63, 3.8) is 0 Å². The second-order valence-corrected chi connectivity index (χ2v) is 5.86. The van der Waals surface area contributed by atoms with Crippen molar-refractivity contribution in [1.82, 2.24) is 4.90 Å². The van der Waals surface area contributed by atoms with Crippen LogP contribution in [0.5, 0.6) is 5.75 Å². The van der Waals surface area contributed by atoms with E-state index in [1.165, 1.54) is 0 Å². The SMILES string of the molecule is CN(CC1(O)CCCC1)C(=O)COc1ccc(Cl)cc1. The van der Waals surface area contributed by atoms with E-state index in [2.05, 4.69) is 0 Å². The first kappa shape index (κ1) is 15.1. The van der Waals surface area contributed by atoms with Crippen molar-refractivity contribution in [2.75, 3.05) is 20.2 Å². The number of hydrogen-bond acceptors (Lipinski definition) is 3. The molecule has 1 aromatic rings. The van der Waals surface area contributed by atoms with E-state index in [0.717, 1.165) is 25.7 Å². The van der Waals surface area contributed by atoms with Crippen molar-refractivity contribution >= 4 is 17.5 Å². The molecule has 1 aliphatic carbocycles. The lowest BCUT2D eigenvalue weighted by Gasteiger charge is -2.28. The molecule has 1 aliphatic rings. The molecule has 20 heavy (non-hydrogen) atoms. The molecule has 4 nitrogen and oxygen atoms in total.